The molecule has 0 aliphatic carbocycles. The van der Waals surface area contributed by atoms with Crippen molar-refractivity contribution in [3.05, 3.63) is 45.4 Å². The summed E-state index contributed by atoms with van der Waals surface area (Å²) in [5, 5.41) is 1.19. The van der Waals surface area contributed by atoms with Crippen molar-refractivity contribution < 1.29 is 4.74 Å². The van der Waals surface area contributed by atoms with E-state index in [1.807, 2.05) is 12.1 Å². The topological polar surface area (TPSA) is 48.1 Å². The summed E-state index contributed by atoms with van der Waals surface area (Å²) < 4.78 is 5.72. The molecule has 19 heavy (non-hydrogen) atoms. The van der Waals surface area contributed by atoms with Crippen LogP contribution < -0.4 is 10.5 Å². The van der Waals surface area contributed by atoms with E-state index in [4.69, 9.17) is 15.5 Å². The lowest BCUT2D eigenvalue weighted by Gasteiger charge is -2.24. The molecule has 1 aliphatic heterocycles. The molecule has 2 heterocycles. The first-order valence-corrected chi connectivity index (χ1v) is 7.55. The number of hydrogen-bond acceptors (Lipinski definition) is 4. The van der Waals surface area contributed by atoms with E-state index in [1.165, 1.54) is 15.4 Å². The van der Waals surface area contributed by atoms with Crippen molar-refractivity contribution in [2.45, 2.75) is 32.2 Å². The molecular weight excluding hydrogens is 256 g/mol. The Hall–Kier alpha value is -1.39. The zero-order valence-corrected chi connectivity index (χ0v) is 11.9. The molecule has 2 N–H and O–H groups in total. The number of hydrogen-bond donors (Lipinski definition) is 1. The van der Waals surface area contributed by atoms with E-state index in [0.717, 1.165) is 30.9 Å². The van der Waals surface area contributed by atoms with Crippen LogP contribution in [-0.4, -0.2) is 11.6 Å². The standard InChI is InChI=1S/C15H18N2OS/c1-2-12-14(9-16)19-15(17-12)11-7-8-18-13-6-4-3-5-10(11)13/h3-6,11H,2,7-9,16H2,1H3. The number of aryl methyl sites for hydroxylation is 1. The summed E-state index contributed by atoms with van der Waals surface area (Å²) in [7, 11) is 0. The van der Waals surface area contributed by atoms with Crippen LogP contribution in [-0.2, 0) is 13.0 Å². The molecule has 1 unspecified atom stereocenters. The zero-order chi connectivity index (χ0) is 13.2. The van der Waals surface area contributed by atoms with Gasteiger partial charge in [0.25, 0.3) is 0 Å². The molecule has 1 aliphatic rings. The first kappa shape index (κ1) is 12.6. The number of rotatable bonds is 3. The molecule has 0 fully saturated rings. The fraction of sp³-hybridized carbons (Fsp3) is 0.400. The first-order chi connectivity index (χ1) is 9.33. The van der Waals surface area contributed by atoms with Crippen LogP contribution in [0, 0.1) is 0 Å². The second-order valence-corrected chi connectivity index (χ2v) is 5.82. The molecule has 0 bridgehead atoms. The van der Waals surface area contributed by atoms with E-state index >= 15 is 0 Å². The third-order valence-electron chi connectivity index (χ3n) is 3.57. The second kappa shape index (κ2) is 5.31. The van der Waals surface area contributed by atoms with E-state index in [1.54, 1.807) is 11.3 Å². The Labute approximate surface area is 117 Å². The lowest BCUT2D eigenvalue weighted by molar-refractivity contribution is 0.277. The van der Waals surface area contributed by atoms with Crippen molar-refractivity contribution >= 4 is 11.3 Å². The van der Waals surface area contributed by atoms with Crippen molar-refractivity contribution in [3.8, 4) is 5.75 Å². The number of nitrogens with two attached hydrogens (primary N) is 1. The van der Waals surface area contributed by atoms with Crippen LogP contribution in [0.1, 0.15) is 40.4 Å². The minimum atomic E-state index is 0.362. The van der Waals surface area contributed by atoms with E-state index < -0.39 is 0 Å². The molecule has 2 aromatic rings. The van der Waals surface area contributed by atoms with Gasteiger partial charge in [0.2, 0.25) is 0 Å². The van der Waals surface area contributed by atoms with Gasteiger partial charge in [0.1, 0.15) is 10.8 Å². The van der Waals surface area contributed by atoms with Crippen molar-refractivity contribution in [2.75, 3.05) is 6.61 Å². The van der Waals surface area contributed by atoms with Gasteiger partial charge in [-0.15, -0.1) is 11.3 Å². The molecule has 4 heteroatoms. The average molecular weight is 274 g/mol. The zero-order valence-electron chi connectivity index (χ0n) is 11.1. The summed E-state index contributed by atoms with van der Waals surface area (Å²) >= 11 is 1.76. The summed E-state index contributed by atoms with van der Waals surface area (Å²) in [6, 6.07) is 8.28. The molecule has 100 valence electrons. The van der Waals surface area contributed by atoms with Crippen LogP contribution >= 0.6 is 11.3 Å². The number of ether oxygens (including phenoxy) is 1. The molecule has 1 aromatic heterocycles. The van der Waals surface area contributed by atoms with Gasteiger partial charge in [-0.05, 0) is 18.9 Å². The van der Waals surface area contributed by atoms with Crippen LogP contribution in [0.4, 0.5) is 0 Å². The van der Waals surface area contributed by atoms with Crippen molar-refractivity contribution in [3.63, 3.8) is 0 Å². The molecule has 0 saturated carbocycles. The van der Waals surface area contributed by atoms with Gasteiger partial charge in [0.15, 0.2) is 0 Å². The fourth-order valence-electron chi connectivity index (χ4n) is 2.59. The third-order valence-corrected chi connectivity index (χ3v) is 4.81. The highest BCUT2D eigenvalue weighted by Gasteiger charge is 2.26. The van der Waals surface area contributed by atoms with Gasteiger partial charge in [-0.1, -0.05) is 25.1 Å². The van der Waals surface area contributed by atoms with Crippen LogP contribution in [0.2, 0.25) is 0 Å². The van der Waals surface area contributed by atoms with Gasteiger partial charge in [0, 0.05) is 22.9 Å². The number of fused-ring (bicyclic) bond motifs is 1. The monoisotopic (exact) mass is 274 g/mol. The van der Waals surface area contributed by atoms with E-state index in [9.17, 15) is 0 Å². The number of aromatic nitrogens is 1. The molecular formula is C15H18N2OS. The predicted molar refractivity (Wildman–Crippen MR) is 77.8 cm³/mol. The first-order valence-electron chi connectivity index (χ1n) is 6.73. The highest BCUT2D eigenvalue weighted by molar-refractivity contribution is 7.11. The van der Waals surface area contributed by atoms with Gasteiger partial charge in [-0.25, -0.2) is 4.98 Å². The largest absolute Gasteiger partial charge is 0.493 e. The van der Waals surface area contributed by atoms with Crippen LogP contribution in [0.25, 0.3) is 0 Å². The summed E-state index contributed by atoms with van der Waals surface area (Å²) in [6.45, 7) is 3.49. The highest BCUT2D eigenvalue weighted by atomic mass is 32.1. The number of nitrogens with zero attached hydrogens (tertiary/aromatic N) is 1. The maximum atomic E-state index is 5.81. The Morgan fingerprint density at radius 2 is 2.26 bits per heavy atom. The Bertz CT molecular complexity index is 558. The minimum absolute atomic E-state index is 0.362. The number of thiazole rings is 1. The lowest BCUT2D eigenvalue weighted by atomic mass is 9.94. The molecule has 0 amide bonds. The maximum absolute atomic E-state index is 5.81. The predicted octanol–water partition coefficient (Wildman–Crippen LogP) is 3.08. The summed E-state index contributed by atoms with van der Waals surface area (Å²) in [4.78, 5) is 6.03. The van der Waals surface area contributed by atoms with E-state index in [2.05, 4.69) is 19.1 Å². The van der Waals surface area contributed by atoms with Gasteiger partial charge in [-0.2, -0.15) is 0 Å². The van der Waals surface area contributed by atoms with Crippen molar-refractivity contribution in [1.82, 2.24) is 4.98 Å². The van der Waals surface area contributed by atoms with Gasteiger partial charge >= 0.3 is 0 Å². The van der Waals surface area contributed by atoms with Gasteiger partial charge in [0.05, 0.1) is 12.3 Å². The lowest BCUT2D eigenvalue weighted by Crippen LogP contribution is -2.14. The fourth-order valence-corrected chi connectivity index (χ4v) is 3.77. The highest BCUT2D eigenvalue weighted by Crippen LogP contribution is 2.40. The average Bonchev–Trinajstić information content (AvgIpc) is 2.89. The minimum Gasteiger partial charge on any atom is -0.493 e. The Morgan fingerprint density at radius 3 is 3.00 bits per heavy atom. The van der Waals surface area contributed by atoms with Crippen LogP contribution in [0.15, 0.2) is 24.3 Å². The number of benzene rings is 1. The molecule has 0 spiro atoms. The SMILES string of the molecule is CCc1nc(C2CCOc3ccccc32)sc1CN. The summed E-state index contributed by atoms with van der Waals surface area (Å²) in [5.41, 5.74) is 8.23. The summed E-state index contributed by atoms with van der Waals surface area (Å²) in [6.07, 6.45) is 1.95. The van der Waals surface area contributed by atoms with Gasteiger partial charge < -0.3 is 10.5 Å². The molecule has 3 rings (SSSR count). The maximum Gasteiger partial charge on any atom is 0.123 e. The van der Waals surface area contributed by atoms with Gasteiger partial charge in [-0.3, -0.25) is 0 Å². The van der Waals surface area contributed by atoms with E-state index in [-0.39, 0.29) is 0 Å². The molecule has 0 radical (unpaired) electrons. The normalized spacial score (nSPS) is 17.9. The molecule has 1 aromatic carbocycles. The van der Waals surface area contributed by atoms with Crippen LogP contribution in [0.5, 0.6) is 5.75 Å². The Kier molecular flexibility index (Phi) is 3.53. The van der Waals surface area contributed by atoms with Crippen molar-refractivity contribution in [1.29, 1.82) is 0 Å². The number of para-hydroxylation sites is 1. The third kappa shape index (κ3) is 2.26. The Morgan fingerprint density at radius 1 is 1.42 bits per heavy atom. The summed E-state index contributed by atoms with van der Waals surface area (Å²) in [5.74, 6) is 1.36. The molecule has 1 atom stereocenters. The quantitative estimate of drug-likeness (QED) is 0.935. The Balaban J connectivity index is 2.01. The smallest absolute Gasteiger partial charge is 0.123 e. The van der Waals surface area contributed by atoms with Crippen molar-refractivity contribution in [2.24, 2.45) is 5.73 Å². The molecule has 3 nitrogen and oxygen atoms in total. The van der Waals surface area contributed by atoms with E-state index in [0.29, 0.717) is 12.5 Å². The molecule has 0 saturated heterocycles. The second-order valence-electron chi connectivity index (χ2n) is 4.71. The van der Waals surface area contributed by atoms with Crippen LogP contribution in [0.3, 0.4) is 0 Å².